The SMILES string of the molecule is CC(C)(c1ccc(OCC(O)CN(N)/C=C(\N)CSF)cc1)c1ccc(OCCCCl)c(F)c1. The van der Waals surface area contributed by atoms with Crippen molar-refractivity contribution >= 4 is 23.7 Å². The van der Waals surface area contributed by atoms with Crippen LogP contribution in [0.4, 0.5) is 8.28 Å². The molecule has 34 heavy (non-hydrogen) atoms. The number of rotatable bonds is 14. The zero-order chi connectivity index (χ0) is 25.1. The van der Waals surface area contributed by atoms with E-state index in [0.29, 0.717) is 24.7 Å². The van der Waals surface area contributed by atoms with Crippen LogP contribution in [-0.2, 0) is 5.41 Å². The lowest BCUT2D eigenvalue weighted by atomic mass is 9.78. The Morgan fingerprint density at radius 2 is 1.88 bits per heavy atom. The number of aliphatic hydroxyl groups excluding tert-OH is 1. The molecule has 0 aliphatic carbocycles. The number of nitrogens with zero attached hydrogens (tertiary/aromatic N) is 1. The van der Waals surface area contributed by atoms with Crippen LogP contribution in [-0.4, -0.2) is 47.6 Å². The summed E-state index contributed by atoms with van der Waals surface area (Å²) in [5.74, 6) is 6.57. The Labute approximate surface area is 209 Å². The van der Waals surface area contributed by atoms with E-state index in [-0.39, 0.29) is 42.5 Å². The fraction of sp³-hybridized carbons (Fsp3) is 0.417. The van der Waals surface area contributed by atoms with Crippen LogP contribution in [0.2, 0.25) is 0 Å². The first-order chi connectivity index (χ1) is 16.2. The number of benzene rings is 2. The highest BCUT2D eigenvalue weighted by Gasteiger charge is 2.24. The van der Waals surface area contributed by atoms with Crippen LogP contribution in [0.25, 0.3) is 0 Å². The third kappa shape index (κ3) is 8.54. The first-order valence-electron chi connectivity index (χ1n) is 10.8. The summed E-state index contributed by atoms with van der Waals surface area (Å²) in [6, 6.07) is 12.4. The molecule has 2 rings (SSSR count). The molecule has 0 aromatic heterocycles. The molecule has 1 atom stereocenters. The number of alkyl halides is 1. The number of ether oxygens (including phenoxy) is 2. The minimum Gasteiger partial charge on any atom is -0.491 e. The van der Waals surface area contributed by atoms with Gasteiger partial charge in [-0.25, -0.2) is 10.2 Å². The maximum Gasteiger partial charge on any atom is 0.165 e. The quantitative estimate of drug-likeness (QED) is 0.148. The summed E-state index contributed by atoms with van der Waals surface area (Å²) in [5.41, 5.74) is 7.16. The fourth-order valence-corrected chi connectivity index (χ4v) is 3.54. The summed E-state index contributed by atoms with van der Waals surface area (Å²) in [7, 11) is 0. The zero-order valence-corrected chi connectivity index (χ0v) is 20.9. The van der Waals surface area contributed by atoms with Gasteiger partial charge in [0.05, 0.1) is 31.1 Å². The number of hydrogen-bond acceptors (Lipinski definition) is 7. The van der Waals surface area contributed by atoms with Crippen LogP contribution in [0.3, 0.4) is 0 Å². The lowest BCUT2D eigenvalue weighted by Gasteiger charge is -2.27. The lowest BCUT2D eigenvalue weighted by Crippen LogP contribution is -2.37. The Morgan fingerprint density at radius 1 is 1.21 bits per heavy atom. The van der Waals surface area contributed by atoms with Crippen molar-refractivity contribution in [1.82, 2.24) is 5.01 Å². The minimum absolute atomic E-state index is 0.00210. The van der Waals surface area contributed by atoms with E-state index in [1.807, 2.05) is 32.0 Å². The molecule has 0 radical (unpaired) electrons. The molecule has 0 aliphatic rings. The van der Waals surface area contributed by atoms with Crippen LogP contribution in [0.15, 0.2) is 54.4 Å². The van der Waals surface area contributed by atoms with Crippen molar-refractivity contribution in [2.24, 2.45) is 11.6 Å². The van der Waals surface area contributed by atoms with E-state index in [0.717, 1.165) is 11.1 Å². The van der Waals surface area contributed by atoms with Crippen LogP contribution in [0.1, 0.15) is 31.4 Å². The van der Waals surface area contributed by atoms with Crippen LogP contribution in [0, 0.1) is 5.82 Å². The molecule has 188 valence electrons. The Balaban J connectivity index is 1.96. The van der Waals surface area contributed by atoms with Gasteiger partial charge in [-0.15, -0.1) is 11.6 Å². The topological polar surface area (TPSA) is 94.0 Å². The molecule has 10 heteroatoms. The zero-order valence-electron chi connectivity index (χ0n) is 19.3. The summed E-state index contributed by atoms with van der Waals surface area (Å²) >= 11 is 5.73. The Morgan fingerprint density at radius 3 is 2.50 bits per heavy atom. The van der Waals surface area contributed by atoms with E-state index in [1.54, 1.807) is 18.2 Å². The van der Waals surface area contributed by atoms with Gasteiger partial charge in [-0.2, -0.15) is 3.89 Å². The lowest BCUT2D eigenvalue weighted by molar-refractivity contribution is 0.0817. The number of aliphatic hydroxyl groups is 1. The summed E-state index contributed by atoms with van der Waals surface area (Å²) in [6.45, 7) is 4.46. The summed E-state index contributed by atoms with van der Waals surface area (Å²) in [6.07, 6.45) is 1.14. The second-order valence-corrected chi connectivity index (χ2v) is 9.19. The van der Waals surface area contributed by atoms with Crippen molar-refractivity contribution in [1.29, 1.82) is 0 Å². The first kappa shape index (κ1) is 28.0. The number of hydrazine groups is 1. The first-order valence-corrected chi connectivity index (χ1v) is 12.2. The van der Waals surface area contributed by atoms with Crippen molar-refractivity contribution in [3.63, 3.8) is 0 Å². The standard InChI is InChI=1S/C24H32ClF2N3O3S/c1-24(2,18-6-9-23(22(26)12-18)32-11-3-10-25)17-4-7-21(8-5-17)33-15-20(31)14-30(29)13-19(28)16-34-27/h4-9,12-13,20,31H,3,10-11,14-16,28-29H2,1-2H3/b19-13-. The smallest absolute Gasteiger partial charge is 0.165 e. The van der Waals surface area contributed by atoms with Gasteiger partial charge in [-0.1, -0.05) is 32.0 Å². The summed E-state index contributed by atoms with van der Waals surface area (Å²) in [4.78, 5) is 0. The molecule has 5 N–H and O–H groups in total. The predicted octanol–water partition coefficient (Wildman–Crippen LogP) is 4.49. The van der Waals surface area contributed by atoms with Gasteiger partial charge in [-0.3, -0.25) is 0 Å². The van der Waals surface area contributed by atoms with Crippen molar-refractivity contribution < 1.29 is 22.9 Å². The van der Waals surface area contributed by atoms with Gasteiger partial charge in [0.1, 0.15) is 18.5 Å². The number of halogens is 3. The van der Waals surface area contributed by atoms with Crippen molar-refractivity contribution in [3.05, 3.63) is 71.3 Å². The van der Waals surface area contributed by atoms with Crippen molar-refractivity contribution in [3.8, 4) is 11.5 Å². The molecule has 0 bridgehead atoms. The molecular formula is C24H32ClF2N3O3S. The van der Waals surface area contributed by atoms with Gasteiger partial charge in [0.2, 0.25) is 0 Å². The number of nitrogens with two attached hydrogens (primary N) is 2. The molecule has 0 spiro atoms. The third-order valence-corrected chi connectivity index (χ3v) is 5.89. The van der Waals surface area contributed by atoms with Crippen LogP contribution >= 0.6 is 23.7 Å². The van der Waals surface area contributed by atoms with Gasteiger partial charge in [0.15, 0.2) is 11.6 Å². The molecule has 2 aromatic rings. The van der Waals surface area contributed by atoms with Gasteiger partial charge in [-0.05, 0) is 41.8 Å². The van der Waals surface area contributed by atoms with E-state index in [9.17, 15) is 13.4 Å². The Kier molecular flexibility index (Phi) is 11.2. The van der Waals surface area contributed by atoms with Crippen molar-refractivity contribution in [2.45, 2.75) is 31.8 Å². The van der Waals surface area contributed by atoms with Gasteiger partial charge in [0, 0.05) is 23.2 Å². The summed E-state index contributed by atoms with van der Waals surface area (Å²) in [5, 5.41) is 11.3. The maximum atomic E-state index is 14.5. The van der Waals surface area contributed by atoms with E-state index < -0.39 is 17.3 Å². The van der Waals surface area contributed by atoms with Crippen molar-refractivity contribution in [2.75, 3.05) is 31.4 Å². The molecule has 2 aromatic carbocycles. The second kappa shape index (κ2) is 13.6. The fourth-order valence-electron chi connectivity index (χ4n) is 3.23. The van der Waals surface area contributed by atoms with E-state index in [1.165, 1.54) is 17.3 Å². The molecule has 1 unspecified atom stereocenters. The largest absolute Gasteiger partial charge is 0.491 e. The highest BCUT2D eigenvalue weighted by molar-refractivity contribution is 7.94. The van der Waals surface area contributed by atoms with Gasteiger partial charge < -0.3 is 25.3 Å². The van der Waals surface area contributed by atoms with E-state index in [2.05, 4.69) is 0 Å². The molecule has 6 nitrogen and oxygen atoms in total. The number of hydrogen-bond donors (Lipinski definition) is 3. The summed E-state index contributed by atoms with van der Waals surface area (Å²) < 4.78 is 37.8. The average molecular weight is 516 g/mol. The highest BCUT2D eigenvalue weighted by Crippen LogP contribution is 2.34. The second-order valence-electron chi connectivity index (χ2n) is 8.30. The molecule has 0 saturated carbocycles. The van der Waals surface area contributed by atoms with E-state index in [4.69, 9.17) is 32.7 Å². The minimum atomic E-state index is -0.878. The molecule has 0 aliphatic heterocycles. The monoisotopic (exact) mass is 515 g/mol. The van der Waals surface area contributed by atoms with Gasteiger partial charge in [0.25, 0.3) is 0 Å². The van der Waals surface area contributed by atoms with E-state index >= 15 is 0 Å². The normalized spacial score (nSPS) is 13.0. The maximum absolute atomic E-state index is 14.5. The third-order valence-electron chi connectivity index (χ3n) is 5.18. The highest BCUT2D eigenvalue weighted by atomic mass is 35.5. The Hall–Kier alpha value is -2.20. The van der Waals surface area contributed by atoms with Crippen LogP contribution in [0.5, 0.6) is 11.5 Å². The molecule has 0 saturated heterocycles. The Bertz CT molecular complexity index is 932. The molecule has 0 fully saturated rings. The van der Waals surface area contributed by atoms with Gasteiger partial charge >= 0.3 is 0 Å². The molecular weight excluding hydrogens is 484 g/mol. The average Bonchev–Trinajstić information content (AvgIpc) is 2.79. The molecule has 0 amide bonds. The predicted molar refractivity (Wildman–Crippen MR) is 134 cm³/mol. The molecule has 0 heterocycles. The van der Waals surface area contributed by atoms with Crippen LogP contribution < -0.4 is 21.1 Å².